The number of rotatable bonds is 2. The summed E-state index contributed by atoms with van der Waals surface area (Å²) < 4.78 is 10.5. The fraction of sp³-hybridized carbons (Fsp3) is 0.889. The summed E-state index contributed by atoms with van der Waals surface area (Å²) in [5.74, 6) is -0.204. The van der Waals surface area contributed by atoms with Gasteiger partial charge in [-0.1, -0.05) is 0 Å². The zero-order valence-electron chi connectivity index (χ0n) is 7.84. The van der Waals surface area contributed by atoms with Crippen LogP contribution in [0.25, 0.3) is 0 Å². The minimum Gasteiger partial charge on any atom is -0.464 e. The number of carbonyl (C=O) groups excluding carboxylic acids is 1. The molecule has 0 aromatic rings. The Morgan fingerprint density at radius 2 is 2.62 bits per heavy atom. The fourth-order valence-corrected chi connectivity index (χ4v) is 2.04. The van der Waals surface area contributed by atoms with E-state index in [2.05, 4.69) is 5.32 Å². The third-order valence-corrected chi connectivity index (χ3v) is 2.74. The Morgan fingerprint density at radius 1 is 1.77 bits per heavy atom. The van der Waals surface area contributed by atoms with Crippen LogP contribution in [0, 0.1) is 0 Å². The summed E-state index contributed by atoms with van der Waals surface area (Å²) in [7, 11) is 0. The maximum atomic E-state index is 11.6. The van der Waals surface area contributed by atoms with Crippen LogP contribution >= 0.6 is 0 Å². The Kier molecular flexibility index (Phi) is 2.26. The van der Waals surface area contributed by atoms with Crippen molar-refractivity contribution in [2.45, 2.75) is 31.4 Å². The lowest BCUT2D eigenvalue weighted by Crippen LogP contribution is -2.46. The minimum absolute atomic E-state index is 0.204. The van der Waals surface area contributed by atoms with Crippen molar-refractivity contribution in [2.24, 2.45) is 0 Å². The number of nitrogens with one attached hydrogen (secondary N) is 1. The van der Waals surface area contributed by atoms with Crippen LogP contribution in [0.15, 0.2) is 0 Å². The Bertz CT molecular complexity index is 215. The van der Waals surface area contributed by atoms with Gasteiger partial charge in [0.2, 0.25) is 0 Å². The van der Waals surface area contributed by atoms with Gasteiger partial charge in [-0.05, 0) is 13.3 Å². The first kappa shape index (κ1) is 8.97. The molecule has 4 heteroatoms. The Morgan fingerprint density at radius 3 is 3.38 bits per heavy atom. The van der Waals surface area contributed by atoms with Gasteiger partial charge in [0.15, 0.2) is 5.60 Å². The first-order chi connectivity index (χ1) is 6.27. The van der Waals surface area contributed by atoms with E-state index in [0.717, 1.165) is 12.8 Å². The molecule has 1 N–H and O–H groups in total. The second kappa shape index (κ2) is 3.27. The summed E-state index contributed by atoms with van der Waals surface area (Å²) >= 11 is 0. The van der Waals surface area contributed by atoms with E-state index < -0.39 is 5.60 Å². The molecule has 0 aromatic carbocycles. The summed E-state index contributed by atoms with van der Waals surface area (Å²) in [5.41, 5.74) is -0.668. The third-order valence-electron chi connectivity index (χ3n) is 2.74. The number of hydrogen-bond donors (Lipinski definition) is 1. The molecular formula is C9H15NO3. The van der Waals surface area contributed by atoms with Gasteiger partial charge in [0.05, 0.1) is 6.61 Å². The lowest BCUT2D eigenvalue weighted by molar-refractivity contribution is -0.172. The fourth-order valence-electron chi connectivity index (χ4n) is 2.04. The normalized spacial score (nSPS) is 37.5. The highest BCUT2D eigenvalue weighted by Crippen LogP contribution is 2.31. The Balaban J connectivity index is 2.06. The number of carbonyl (C=O) groups is 1. The quantitative estimate of drug-likeness (QED) is 0.618. The molecule has 2 fully saturated rings. The van der Waals surface area contributed by atoms with E-state index in [0.29, 0.717) is 25.8 Å². The van der Waals surface area contributed by atoms with Crippen LogP contribution < -0.4 is 5.32 Å². The summed E-state index contributed by atoms with van der Waals surface area (Å²) in [6, 6.07) is 0.443. The average Bonchev–Trinajstić information content (AvgIpc) is 2.44. The standard InChI is InChI=1S/C9H15NO3/c1-2-12-8(11)9-5-7(10-6-9)3-4-13-9/h7,10H,2-6H2,1H3. The highest BCUT2D eigenvalue weighted by Gasteiger charge is 2.50. The molecule has 2 atom stereocenters. The molecule has 2 aliphatic heterocycles. The minimum atomic E-state index is -0.668. The van der Waals surface area contributed by atoms with Crippen LogP contribution in [-0.2, 0) is 14.3 Å². The molecule has 0 amide bonds. The summed E-state index contributed by atoms with van der Waals surface area (Å²) in [5, 5.41) is 3.27. The van der Waals surface area contributed by atoms with Crippen molar-refractivity contribution in [3.05, 3.63) is 0 Å². The topological polar surface area (TPSA) is 47.6 Å². The van der Waals surface area contributed by atoms with E-state index >= 15 is 0 Å². The molecule has 74 valence electrons. The van der Waals surface area contributed by atoms with Crippen LogP contribution in [0.1, 0.15) is 19.8 Å². The van der Waals surface area contributed by atoms with Crippen LogP contribution in [-0.4, -0.2) is 37.4 Å². The van der Waals surface area contributed by atoms with E-state index in [1.807, 2.05) is 6.92 Å². The van der Waals surface area contributed by atoms with Gasteiger partial charge in [-0.25, -0.2) is 4.79 Å². The lowest BCUT2D eigenvalue weighted by atomic mass is 9.96. The molecule has 2 unspecified atom stereocenters. The zero-order valence-corrected chi connectivity index (χ0v) is 7.84. The summed E-state index contributed by atoms with van der Waals surface area (Å²) in [6.45, 7) is 3.51. The molecule has 0 aromatic heterocycles. The number of esters is 1. The predicted octanol–water partition coefficient (Wildman–Crippen LogP) is 0.0705. The van der Waals surface area contributed by atoms with Crippen LogP contribution in [0.4, 0.5) is 0 Å². The lowest BCUT2D eigenvalue weighted by Gasteiger charge is -2.29. The van der Waals surface area contributed by atoms with Crippen molar-refractivity contribution < 1.29 is 14.3 Å². The number of ether oxygens (including phenoxy) is 2. The van der Waals surface area contributed by atoms with Crippen molar-refractivity contribution in [1.82, 2.24) is 5.32 Å². The van der Waals surface area contributed by atoms with Crippen molar-refractivity contribution in [1.29, 1.82) is 0 Å². The van der Waals surface area contributed by atoms with Gasteiger partial charge in [-0.3, -0.25) is 0 Å². The molecule has 2 bridgehead atoms. The summed E-state index contributed by atoms with van der Waals surface area (Å²) in [4.78, 5) is 11.6. The van der Waals surface area contributed by atoms with E-state index in [4.69, 9.17) is 9.47 Å². The number of hydrogen-bond acceptors (Lipinski definition) is 4. The smallest absolute Gasteiger partial charge is 0.339 e. The molecule has 13 heavy (non-hydrogen) atoms. The highest BCUT2D eigenvalue weighted by atomic mass is 16.6. The van der Waals surface area contributed by atoms with Gasteiger partial charge in [0.25, 0.3) is 0 Å². The van der Waals surface area contributed by atoms with Gasteiger partial charge in [0, 0.05) is 25.6 Å². The van der Waals surface area contributed by atoms with E-state index in [1.54, 1.807) is 0 Å². The van der Waals surface area contributed by atoms with Crippen LogP contribution in [0.3, 0.4) is 0 Å². The van der Waals surface area contributed by atoms with Crippen molar-refractivity contribution in [2.75, 3.05) is 19.8 Å². The molecule has 4 nitrogen and oxygen atoms in total. The maximum Gasteiger partial charge on any atom is 0.339 e. The summed E-state index contributed by atoms with van der Waals surface area (Å²) in [6.07, 6.45) is 1.77. The van der Waals surface area contributed by atoms with Gasteiger partial charge in [0.1, 0.15) is 0 Å². The molecule has 2 rings (SSSR count). The van der Waals surface area contributed by atoms with Gasteiger partial charge < -0.3 is 14.8 Å². The molecule has 0 spiro atoms. The van der Waals surface area contributed by atoms with Crippen molar-refractivity contribution in [3.63, 3.8) is 0 Å². The zero-order chi connectivity index (χ0) is 9.31. The highest BCUT2D eigenvalue weighted by molar-refractivity contribution is 5.80. The molecule has 0 radical (unpaired) electrons. The van der Waals surface area contributed by atoms with E-state index in [1.165, 1.54) is 0 Å². The number of fused-ring (bicyclic) bond motifs is 2. The largest absolute Gasteiger partial charge is 0.464 e. The van der Waals surface area contributed by atoms with E-state index in [9.17, 15) is 4.79 Å². The second-order valence-corrected chi connectivity index (χ2v) is 3.63. The van der Waals surface area contributed by atoms with Crippen LogP contribution in [0.5, 0.6) is 0 Å². The SMILES string of the molecule is CCOC(=O)C12CNC(CCO1)C2. The monoisotopic (exact) mass is 185 g/mol. The van der Waals surface area contributed by atoms with Gasteiger partial charge in [-0.2, -0.15) is 0 Å². The molecule has 2 heterocycles. The average molecular weight is 185 g/mol. The predicted molar refractivity (Wildman–Crippen MR) is 46.3 cm³/mol. The van der Waals surface area contributed by atoms with Gasteiger partial charge >= 0.3 is 5.97 Å². The van der Waals surface area contributed by atoms with Crippen molar-refractivity contribution >= 4 is 5.97 Å². The molecule has 0 saturated carbocycles. The first-order valence-electron chi connectivity index (χ1n) is 4.81. The van der Waals surface area contributed by atoms with Gasteiger partial charge in [-0.15, -0.1) is 0 Å². The Labute approximate surface area is 77.6 Å². The van der Waals surface area contributed by atoms with Crippen molar-refractivity contribution in [3.8, 4) is 0 Å². The van der Waals surface area contributed by atoms with E-state index in [-0.39, 0.29) is 5.97 Å². The molecule has 2 aliphatic rings. The molecule has 2 saturated heterocycles. The molecule has 0 aliphatic carbocycles. The van der Waals surface area contributed by atoms with Crippen LogP contribution in [0.2, 0.25) is 0 Å². The third kappa shape index (κ3) is 1.44. The first-order valence-corrected chi connectivity index (χ1v) is 4.81. The maximum absolute atomic E-state index is 11.6. The molecular weight excluding hydrogens is 170 g/mol. The second-order valence-electron chi connectivity index (χ2n) is 3.63. The Hall–Kier alpha value is -0.610.